The summed E-state index contributed by atoms with van der Waals surface area (Å²) >= 11 is 0. The van der Waals surface area contributed by atoms with Crippen molar-refractivity contribution in [3.63, 3.8) is 0 Å². The van der Waals surface area contributed by atoms with E-state index in [1.807, 2.05) is 54.9 Å². The molecule has 1 aliphatic carbocycles. The molecule has 0 spiro atoms. The highest BCUT2D eigenvalue weighted by Crippen LogP contribution is 2.48. The molecule has 1 aliphatic rings. The Bertz CT molecular complexity index is 980. The number of amides is 1. The lowest BCUT2D eigenvalue weighted by molar-refractivity contribution is -0.122. The predicted molar refractivity (Wildman–Crippen MR) is 102 cm³/mol. The van der Waals surface area contributed by atoms with Crippen LogP contribution >= 0.6 is 0 Å². The monoisotopic (exact) mass is 363 g/mol. The molecule has 1 heterocycles. The molecule has 0 radical (unpaired) electrons. The molecular formula is C22H22FN3O. The number of hydrogen-bond donors (Lipinski definition) is 1. The Hall–Kier alpha value is -2.95. The minimum absolute atomic E-state index is 0.0135. The van der Waals surface area contributed by atoms with Crippen LogP contribution < -0.4 is 5.32 Å². The number of para-hydroxylation sites is 1. The second-order valence-corrected chi connectivity index (χ2v) is 7.08. The first-order chi connectivity index (χ1) is 13.1. The Morgan fingerprint density at radius 2 is 1.85 bits per heavy atom. The summed E-state index contributed by atoms with van der Waals surface area (Å²) in [6.45, 7) is 4.39. The van der Waals surface area contributed by atoms with Gasteiger partial charge in [-0.2, -0.15) is 5.10 Å². The summed E-state index contributed by atoms with van der Waals surface area (Å²) < 4.78 is 15.8. The van der Waals surface area contributed by atoms with E-state index in [1.54, 1.807) is 12.1 Å². The summed E-state index contributed by atoms with van der Waals surface area (Å²) in [5.41, 5.74) is 4.58. The zero-order chi connectivity index (χ0) is 19.0. The van der Waals surface area contributed by atoms with Gasteiger partial charge >= 0.3 is 0 Å². The molecule has 1 saturated carbocycles. The van der Waals surface area contributed by atoms with Gasteiger partial charge in [-0.1, -0.05) is 36.4 Å². The highest BCUT2D eigenvalue weighted by atomic mass is 19.1. The molecule has 0 saturated heterocycles. The van der Waals surface area contributed by atoms with E-state index in [0.717, 1.165) is 22.6 Å². The standard InChI is InChI=1S/C22H22FN3O/c1-14-20(15(2)26(25-14)16-8-4-3-5-9-16)13-24-22(27)19-12-18(19)17-10-6-7-11-21(17)23/h3-11,18-19H,12-13H2,1-2H3,(H,24,27). The van der Waals surface area contributed by atoms with Gasteiger partial charge in [0, 0.05) is 23.7 Å². The molecule has 5 heteroatoms. The quantitative estimate of drug-likeness (QED) is 0.743. The highest BCUT2D eigenvalue weighted by molar-refractivity contribution is 5.82. The number of carbonyl (C=O) groups is 1. The fourth-order valence-corrected chi connectivity index (χ4v) is 3.66. The van der Waals surface area contributed by atoms with Crippen molar-refractivity contribution in [2.45, 2.75) is 32.7 Å². The summed E-state index contributed by atoms with van der Waals surface area (Å²) in [7, 11) is 0. The summed E-state index contributed by atoms with van der Waals surface area (Å²) in [5, 5.41) is 7.62. The van der Waals surface area contributed by atoms with Crippen LogP contribution in [0.25, 0.3) is 5.69 Å². The van der Waals surface area contributed by atoms with Gasteiger partial charge in [0.2, 0.25) is 5.91 Å². The fourth-order valence-electron chi connectivity index (χ4n) is 3.66. The van der Waals surface area contributed by atoms with Gasteiger partial charge in [-0.25, -0.2) is 9.07 Å². The molecule has 3 aromatic rings. The van der Waals surface area contributed by atoms with Gasteiger partial charge in [-0.05, 0) is 49.9 Å². The average Bonchev–Trinajstić information content (AvgIpc) is 3.42. The smallest absolute Gasteiger partial charge is 0.224 e. The molecule has 0 aliphatic heterocycles. The number of hydrogen-bond acceptors (Lipinski definition) is 2. The molecule has 27 heavy (non-hydrogen) atoms. The van der Waals surface area contributed by atoms with Crippen molar-refractivity contribution in [1.82, 2.24) is 15.1 Å². The normalized spacial score (nSPS) is 18.3. The summed E-state index contributed by atoms with van der Waals surface area (Å²) in [4.78, 5) is 12.5. The van der Waals surface area contributed by atoms with Gasteiger partial charge in [-0.15, -0.1) is 0 Å². The number of benzene rings is 2. The Balaban J connectivity index is 1.43. The molecule has 4 nitrogen and oxygen atoms in total. The molecule has 2 aromatic carbocycles. The second kappa shape index (κ2) is 6.99. The van der Waals surface area contributed by atoms with Crippen LogP contribution in [-0.2, 0) is 11.3 Å². The SMILES string of the molecule is Cc1nn(-c2ccccc2)c(C)c1CNC(=O)C1CC1c1ccccc1F. The topological polar surface area (TPSA) is 46.9 Å². The first-order valence-electron chi connectivity index (χ1n) is 9.19. The maximum atomic E-state index is 13.9. The molecular weight excluding hydrogens is 341 g/mol. The number of aryl methyl sites for hydroxylation is 1. The second-order valence-electron chi connectivity index (χ2n) is 7.08. The van der Waals surface area contributed by atoms with Crippen LogP contribution in [-0.4, -0.2) is 15.7 Å². The Kier molecular flexibility index (Phi) is 4.52. The van der Waals surface area contributed by atoms with Gasteiger partial charge in [0.15, 0.2) is 0 Å². The number of nitrogens with one attached hydrogen (secondary N) is 1. The highest BCUT2D eigenvalue weighted by Gasteiger charge is 2.45. The van der Waals surface area contributed by atoms with Crippen LogP contribution in [0.15, 0.2) is 54.6 Å². The van der Waals surface area contributed by atoms with Crippen molar-refractivity contribution < 1.29 is 9.18 Å². The van der Waals surface area contributed by atoms with E-state index in [2.05, 4.69) is 10.4 Å². The van der Waals surface area contributed by atoms with Crippen molar-refractivity contribution in [1.29, 1.82) is 0 Å². The van der Waals surface area contributed by atoms with E-state index in [1.165, 1.54) is 6.07 Å². The molecule has 0 bridgehead atoms. The van der Waals surface area contributed by atoms with Crippen molar-refractivity contribution >= 4 is 5.91 Å². The van der Waals surface area contributed by atoms with E-state index < -0.39 is 0 Å². The summed E-state index contributed by atoms with van der Waals surface area (Å²) in [5.74, 6) is -0.407. The Labute approximate surface area is 158 Å². The van der Waals surface area contributed by atoms with Crippen LogP contribution in [0.2, 0.25) is 0 Å². The summed E-state index contributed by atoms with van der Waals surface area (Å²) in [6.07, 6.45) is 0.702. The van der Waals surface area contributed by atoms with Crippen LogP contribution in [0.5, 0.6) is 0 Å². The van der Waals surface area contributed by atoms with Crippen molar-refractivity contribution in [3.05, 3.63) is 82.9 Å². The fraction of sp³-hybridized carbons (Fsp3) is 0.273. The molecule has 2 atom stereocenters. The third kappa shape index (κ3) is 3.37. The maximum absolute atomic E-state index is 13.9. The van der Waals surface area contributed by atoms with Crippen molar-refractivity contribution in [2.24, 2.45) is 5.92 Å². The first kappa shape index (κ1) is 17.5. The Morgan fingerprint density at radius 3 is 2.59 bits per heavy atom. The molecule has 4 rings (SSSR count). The van der Waals surface area contributed by atoms with Crippen molar-refractivity contribution in [3.8, 4) is 5.69 Å². The number of rotatable bonds is 5. The lowest BCUT2D eigenvalue weighted by Crippen LogP contribution is -2.25. The van der Waals surface area contributed by atoms with E-state index >= 15 is 0 Å². The number of nitrogens with zero attached hydrogens (tertiary/aromatic N) is 2. The Morgan fingerprint density at radius 1 is 1.15 bits per heavy atom. The molecule has 1 aromatic heterocycles. The minimum Gasteiger partial charge on any atom is -0.352 e. The van der Waals surface area contributed by atoms with Gasteiger partial charge < -0.3 is 5.32 Å². The first-order valence-corrected chi connectivity index (χ1v) is 9.19. The van der Waals surface area contributed by atoms with Gasteiger partial charge in [-0.3, -0.25) is 4.79 Å². The van der Waals surface area contributed by atoms with Crippen LogP contribution in [0.4, 0.5) is 4.39 Å². The van der Waals surface area contributed by atoms with E-state index in [-0.39, 0.29) is 23.6 Å². The number of halogens is 1. The average molecular weight is 363 g/mol. The zero-order valence-corrected chi connectivity index (χ0v) is 15.4. The third-order valence-corrected chi connectivity index (χ3v) is 5.31. The molecule has 1 N–H and O–H groups in total. The molecule has 1 amide bonds. The predicted octanol–water partition coefficient (Wildman–Crippen LogP) is 4.05. The largest absolute Gasteiger partial charge is 0.352 e. The van der Waals surface area contributed by atoms with Crippen LogP contribution in [0.3, 0.4) is 0 Å². The van der Waals surface area contributed by atoms with Crippen LogP contribution in [0.1, 0.15) is 34.9 Å². The molecule has 2 unspecified atom stereocenters. The molecule has 1 fully saturated rings. The lowest BCUT2D eigenvalue weighted by Gasteiger charge is -2.07. The lowest BCUT2D eigenvalue weighted by atomic mass is 10.1. The minimum atomic E-state index is -0.228. The van der Waals surface area contributed by atoms with Crippen LogP contribution in [0, 0.1) is 25.6 Å². The number of aromatic nitrogens is 2. The third-order valence-electron chi connectivity index (χ3n) is 5.31. The molecule has 138 valence electrons. The van der Waals surface area contributed by atoms with Gasteiger partial charge in [0.1, 0.15) is 5.82 Å². The van der Waals surface area contributed by atoms with E-state index in [4.69, 9.17) is 0 Å². The van der Waals surface area contributed by atoms with Gasteiger partial charge in [0.05, 0.1) is 11.4 Å². The van der Waals surface area contributed by atoms with Crippen molar-refractivity contribution in [2.75, 3.05) is 0 Å². The summed E-state index contributed by atoms with van der Waals surface area (Å²) in [6, 6.07) is 16.6. The van der Waals surface area contributed by atoms with E-state index in [0.29, 0.717) is 18.5 Å². The maximum Gasteiger partial charge on any atom is 0.224 e. The van der Waals surface area contributed by atoms with E-state index in [9.17, 15) is 9.18 Å². The van der Waals surface area contributed by atoms with Gasteiger partial charge in [0.25, 0.3) is 0 Å². The number of carbonyl (C=O) groups excluding carboxylic acids is 1. The zero-order valence-electron chi connectivity index (χ0n) is 15.4.